The van der Waals surface area contributed by atoms with E-state index in [1.165, 1.54) is 0 Å². The van der Waals surface area contributed by atoms with Crippen molar-refractivity contribution < 1.29 is 8.78 Å². The van der Waals surface area contributed by atoms with E-state index in [4.69, 9.17) is 0 Å². The van der Waals surface area contributed by atoms with Crippen molar-refractivity contribution in [2.75, 3.05) is 0 Å². The summed E-state index contributed by atoms with van der Waals surface area (Å²) in [6.45, 7) is 0. The largest absolute Gasteiger partial charge is 0.251 e. The second-order valence-electron chi connectivity index (χ2n) is 2.56. The van der Waals surface area contributed by atoms with Crippen LogP contribution in [0.25, 0.3) is 0 Å². The number of alkyl halides is 2. The zero-order valence-electron chi connectivity index (χ0n) is 5.37. The Bertz CT molecular complexity index is 78.9. The van der Waals surface area contributed by atoms with E-state index in [1.807, 2.05) is 0 Å². The maximum absolute atomic E-state index is 12.4. The summed E-state index contributed by atoms with van der Waals surface area (Å²) in [6, 6.07) is 0. The topological polar surface area (TPSA) is 0 Å². The SMILES string of the molecule is FC1(F)[CH]CCCCC1. The van der Waals surface area contributed by atoms with E-state index < -0.39 is 5.92 Å². The number of hydrogen-bond acceptors (Lipinski definition) is 0. The Labute approximate surface area is 54.3 Å². The molecular weight excluding hydrogens is 122 g/mol. The molecule has 0 spiro atoms. The summed E-state index contributed by atoms with van der Waals surface area (Å²) in [6.07, 6.45) is 4.39. The van der Waals surface area contributed by atoms with Crippen molar-refractivity contribution >= 4 is 0 Å². The second kappa shape index (κ2) is 2.63. The molecule has 0 N–H and O–H groups in total. The average molecular weight is 133 g/mol. The van der Waals surface area contributed by atoms with Crippen LogP contribution in [-0.2, 0) is 0 Å². The van der Waals surface area contributed by atoms with Crippen molar-refractivity contribution in [3.63, 3.8) is 0 Å². The molecule has 2 heteroatoms. The molecule has 0 bridgehead atoms. The maximum Gasteiger partial charge on any atom is 0.251 e. The first-order chi connectivity index (χ1) is 4.21. The molecule has 0 aliphatic heterocycles. The van der Waals surface area contributed by atoms with Crippen LogP contribution >= 0.6 is 0 Å². The molecule has 0 nitrogen and oxygen atoms in total. The Morgan fingerprint density at radius 2 is 1.89 bits per heavy atom. The van der Waals surface area contributed by atoms with Gasteiger partial charge in [0.2, 0.25) is 0 Å². The summed E-state index contributed by atoms with van der Waals surface area (Å²) in [5.41, 5.74) is 0. The molecule has 0 aromatic heterocycles. The molecule has 0 atom stereocenters. The molecule has 1 saturated carbocycles. The van der Waals surface area contributed by atoms with Gasteiger partial charge in [-0.2, -0.15) is 0 Å². The van der Waals surface area contributed by atoms with E-state index >= 15 is 0 Å². The molecule has 1 aliphatic carbocycles. The fourth-order valence-corrected chi connectivity index (χ4v) is 1.10. The zero-order chi connectivity index (χ0) is 6.74. The lowest BCUT2D eigenvalue weighted by Gasteiger charge is -2.10. The van der Waals surface area contributed by atoms with E-state index in [0.717, 1.165) is 19.3 Å². The van der Waals surface area contributed by atoms with Gasteiger partial charge in [0.05, 0.1) is 0 Å². The van der Waals surface area contributed by atoms with Crippen LogP contribution in [0.2, 0.25) is 0 Å². The van der Waals surface area contributed by atoms with E-state index in [2.05, 4.69) is 0 Å². The molecule has 0 saturated heterocycles. The van der Waals surface area contributed by atoms with Gasteiger partial charge in [-0.1, -0.05) is 12.8 Å². The predicted molar refractivity (Wildman–Crippen MR) is 32.3 cm³/mol. The Morgan fingerprint density at radius 3 is 2.67 bits per heavy atom. The second-order valence-corrected chi connectivity index (χ2v) is 2.56. The van der Waals surface area contributed by atoms with Crippen molar-refractivity contribution in [3.05, 3.63) is 6.42 Å². The van der Waals surface area contributed by atoms with E-state index in [1.54, 1.807) is 0 Å². The lowest BCUT2D eigenvalue weighted by Crippen LogP contribution is -2.13. The van der Waals surface area contributed by atoms with Gasteiger partial charge in [0.25, 0.3) is 5.92 Å². The van der Waals surface area contributed by atoms with Gasteiger partial charge >= 0.3 is 0 Å². The van der Waals surface area contributed by atoms with Crippen molar-refractivity contribution in [1.29, 1.82) is 0 Å². The first-order valence-corrected chi connectivity index (χ1v) is 3.43. The third-order valence-electron chi connectivity index (χ3n) is 1.66. The van der Waals surface area contributed by atoms with Gasteiger partial charge in [-0.15, -0.1) is 0 Å². The van der Waals surface area contributed by atoms with Crippen molar-refractivity contribution in [1.82, 2.24) is 0 Å². The lowest BCUT2D eigenvalue weighted by molar-refractivity contribution is 0.0270. The van der Waals surface area contributed by atoms with Gasteiger partial charge in [-0.25, -0.2) is 8.78 Å². The third-order valence-corrected chi connectivity index (χ3v) is 1.66. The Kier molecular flexibility index (Phi) is 2.04. The quantitative estimate of drug-likeness (QED) is 0.446. The normalized spacial score (nSPS) is 27.3. The molecule has 1 fully saturated rings. The van der Waals surface area contributed by atoms with Crippen LogP contribution in [0.3, 0.4) is 0 Å². The van der Waals surface area contributed by atoms with Gasteiger partial charge in [0.1, 0.15) is 0 Å². The molecule has 1 aliphatic rings. The number of halogens is 2. The molecule has 0 amide bonds. The predicted octanol–water partition coefficient (Wildman–Crippen LogP) is 2.79. The minimum absolute atomic E-state index is 0.0625. The van der Waals surface area contributed by atoms with Gasteiger partial charge in [-0.05, 0) is 12.8 Å². The maximum atomic E-state index is 12.4. The van der Waals surface area contributed by atoms with Crippen LogP contribution in [0.15, 0.2) is 0 Å². The summed E-state index contributed by atoms with van der Waals surface area (Å²) in [5.74, 6) is -2.46. The Balaban J connectivity index is 2.36. The highest BCUT2D eigenvalue weighted by Crippen LogP contribution is 2.30. The van der Waals surface area contributed by atoms with Gasteiger partial charge in [0.15, 0.2) is 0 Å². The average Bonchev–Trinajstić information content (AvgIpc) is 1.92. The first-order valence-electron chi connectivity index (χ1n) is 3.43. The fraction of sp³-hybridized carbons (Fsp3) is 0.857. The summed E-state index contributed by atoms with van der Waals surface area (Å²) in [7, 11) is 0. The summed E-state index contributed by atoms with van der Waals surface area (Å²) in [4.78, 5) is 0. The number of hydrogen-bond donors (Lipinski definition) is 0. The molecule has 0 heterocycles. The first kappa shape index (κ1) is 6.97. The van der Waals surface area contributed by atoms with E-state index in [-0.39, 0.29) is 6.42 Å². The fourth-order valence-electron chi connectivity index (χ4n) is 1.10. The molecule has 53 valence electrons. The molecule has 1 rings (SSSR count). The van der Waals surface area contributed by atoms with Crippen molar-refractivity contribution in [2.45, 2.75) is 38.0 Å². The standard InChI is InChI=1S/C7H11F2/c8-7(9)5-3-1-2-4-6-7/h5H,1-4,6H2. The highest BCUT2D eigenvalue weighted by atomic mass is 19.3. The van der Waals surface area contributed by atoms with E-state index in [0.29, 0.717) is 12.8 Å². The Morgan fingerprint density at radius 1 is 1.11 bits per heavy atom. The van der Waals surface area contributed by atoms with Gasteiger partial charge in [-0.3, -0.25) is 0 Å². The van der Waals surface area contributed by atoms with Crippen LogP contribution in [0.1, 0.15) is 32.1 Å². The van der Waals surface area contributed by atoms with Gasteiger partial charge in [0, 0.05) is 12.8 Å². The highest BCUT2D eigenvalue weighted by Gasteiger charge is 2.29. The molecule has 0 aromatic rings. The Hall–Kier alpha value is -0.140. The molecule has 0 aromatic carbocycles. The van der Waals surface area contributed by atoms with Crippen molar-refractivity contribution in [2.24, 2.45) is 0 Å². The summed E-state index contributed by atoms with van der Waals surface area (Å²) in [5, 5.41) is 0. The van der Waals surface area contributed by atoms with Crippen LogP contribution < -0.4 is 0 Å². The van der Waals surface area contributed by atoms with E-state index in [9.17, 15) is 8.78 Å². The third kappa shape index (κ3) is 2.29. The van der Waals surface area contributed by atoms with Gasteiger partial charge < -0.3 is 0 Å². The lowest BCUT2D eigenvalue weighted by atomic mass is 10.1. The summed E-state index contributed by atoms with van der Waals surface area (Å²) >= 11 is 0. The smallest absolute Gasteiger partial charge is 0.207 e. The van der Waals surface area contributed by atoms with Crippen molar-refractivity contribution in [3.8, 4) is 0 Å². The van der Waals surface area contributed by atoms with Crippen LogP contribution in [0.4, 0.5) is 8.78 Å². The molecule has 1 radical (unpaired) electrons. The molecular formula is C7H11F2. The molecule has 0 unspecified atom stereocenters. The van der Waals surface area contributed by atoms with Crippen LogP contribution in [-0.4, -0.2) is 5.92 Å². The zero-order valence-corrected chi connectivity index (χ0v) is 5.37. The minimum Gasteiger partial charge on any atom is -0.207 e. The highest BCUT2D eigenvalue weighted by molar-refractivity contribution is 4.85. The number of rotatable bonds is 0. The summed E-state index contributed by atoms with van der Waals surface area (Å²) < 4.78 is 24.8. The monoisotopic (exact) mass is 133 g/mol. The minimum atomic E-state index is -2.46. The molecule has 9 heavy (non-hydrogen) atoms. The van der Waals surface area contributed by atoms with Crippen LogP contribution in [0.5, 0.6) is 0 Å². The van der Waals surface area contributed by atoms with Crippen LogP contribution in [0, 0.1) is 6.42 Å².